The maximum absolute atomic E-state index is 12.3. The molecule has 4 nitrogen and oxygen atoms in total. The minimum absolute atomic E-state index is 0.147. The second-order valence-electron chi connectivity index (χ2n) is 6.14. The Bertz CT molecular complexity index is 560. The topological polar surface area (TPSA) is 66.4 Å². The van der Waals surface area contributed by atoms with Crippen molar-refractivity contribution < 1.29 is 14.7 Å². The van der Waals surface area contributed by atoms with Crippen molar-refractivity contribution in [3.8, 4) is 0 Å². The fourth-order valence-electron chi connectivity index (χ4n) is 2.67. The zero-order valence-corrected chi connectivity index (χ0v) is 12.8. The highest BCUT2D eigenvalue weighted by Gasteiger charge is 2.45. The van der Waals surface area contributed by atoms with Crippen LogP contribution in [-0.2, 0) is 16.0 Å². The molecule has 112 valence electrons. The van der Waals surface area contributed by atoms with E-state index in [0.717, 1.165) is 19.3 Å². The van der Waals surface area contributed by atoms with Gasteiger partial charge in [-0.25, -0.2) is 0 Å². The number of aliphatic carboxylic acids is 1. The summed E-state index contributed by atoms with van der Waals surface area (Å²) in [4.78, 5) is 25.2. The Balaban J connectivity index is 1.71. The normalized spacial score (nSPS) is 23.2. The van der Waals surface area contributed by atoms with E-state index in [9.17, 15) is 14.7 Å². The first kappa shape index (κ1) is 14.4. The van der Waals surface area contributed by atoms with Crippen molar-refractivity contribution in [1.29, 1.82) is 0 Å². The van der Waals surface area contributed by atoms with Crippen LogP contribution in [0.5, 0.6) is 0 Å². The Morgan fingerprint density at radius 1 is 1.38 bits per heavy atom. The van der Waals surface area contributed by atoms with Gasteiger partial charge in [-0.3, -0.25) is 9.59 Å². The van der Waals surface area contributed by atoms with Gasteiger partial charge in [0, 0.05) is 16.2 Å². The first-order valence-electron chi connectivity index (χ1n) is 7.28. The molecule has 1 fully saturated rings. The predicted molar refractivity (Wildman–Crippen MR) is 81.3 cm³/mol. The number of carboxylic acid groups (broad SMARTS) is 1. The van der Waals surface area contributed by atoms with Crippen LogP contribution in [-0.4, -0.2) is 28.3 Å². The molecule has 0 aromatic heterocycles. The van der Waals surface area contributed by atoms with Crippen molar-refractivity contribution in [2.24, 2.45) is 5.41 Å². The number of carbonyl (C=O) groups is 2. The summed E-state index contributed by atoms with van der Waals surface area (Å²) in [6.07, 6.45) is 3.12. The lowest BCUT2D eigenvalue weighted by Gasteiger charge is -2.26. The number of benzene rings is 1. The molecule has 1 amide bonds. The minimum Gasteiger partial charge on any atom is -0.480 e. The third kappa shape index (κ3) is 2.93. The van der Waals surface area contributed by atoms with Crippen LogP contribution in [0.3, 0.4) is 0 Å². The fourth-order valence-corrected chi connectivity index (χ4v) is 4.17. The molecule has 2 aliphatic rings. The van der Waals surface area contributed by atoms with Crippen molar-refractivity contribution in [1.82, 2.24) is 5.32 Å². The van der Waals surface area contributed by atoms with E-state index in [-0.39, 0.29) is 17.2 Å². The molecular weight excluding hydrogens is 286 g/mol. The Morgan fingerprint density at radius 2 is 2.10 bits per heavy atom. The summed E-state index contributed by atoms with van der Waals surface area (Å²) < 4.78 is 0. The van der Waals surface area contributed by atoms with Crippen LogP contribution in [0.15, 0.2) is 29.2 Å². The average Bonchev–Trinajstić information content (AvgIpc) is 3.16. The molecule has 1 aliphatic carbocycles. The summed E-state index contributed by atoms with van der Waals surface area (Å²) in [5, 5.41) is 12.5. The van der Waals surface area contributed by atoms with Gasteiger partial charge in [0.05, 0.1) is 0 Å². The van der Waals surface area contributed by atoms with Crippen LogP contribution in [0.4, 0.5) is 0 Å². The van der Waals surface area contributed by atoms with Crippen LogP contribution in [0.2, 0.25) is 0 Å². The van der Waals surface area contributed by atoms with Crippen LogP contribution < -0.4 is 5.32 Å². The van der Waals surface area contributed by atoms with Crippen LogP contribution in [0, 0.1) is 5.41 Å². The van der Waals surface area contributed by atoms with Crippen LogP contribution in [0.25, 0.3) is 0 Å². The van der Waals surface area contributed by atoms with E-state index in [1.54, 1.807) is 18.7 Å². The van der Waals surface area contributed by atoms with Crippen LogP contribution in [0.1, 0.15) is 31.7 Å². The monoisotopic (exact) mass is 305 g/mol. The van der Waals surface area contributed by atoms with E-state index in [0.29, 0.717) is 6.42 Å². The summed E-state index contributed by atoms with van der Waals surface area (Å²) in [5.41, 5.74) is -0.0923. The maximum atomic E-state index is 12.3. The highest BCUT2D eigenvalue weighted by atomic mass is 32.2. The molecule has 21 heavy (non-hydrogen) atoms. The quantitative estimate of drug-likeness (QED) is 0.820. The first-order chi connectivity index (χ1) is 9.99. The van der Waals surface area contributed by atoms with Crippen molar-refractivity contribution >= 4 is 23.6 Å². The van der Waals surface area contributed by atoms with Gasteiger partial charge in [0.1, 0.15) is 5.41 Å². The summed E-state index contributed by atoms with van der Waals surface area (Å²) in [5.74, 6) is -1.37. The van der Waals surface area contributed by atoms with Gasteiger partial charge >= 0.3 is 5.97 Å². The molecule has 5 heteroatoms. The van der Waals surface area contributed by atoms with Crippen molar-refractivity contribution in [2.45, 2.75) is 48.8 Å². The predicted octanol–water partition coefficient (Wildman–Crippen LogP) is 2.46. The molecule has 2 atom stereocenters. The van der Waals surface area contributed by atoms with Gasteiger partial charge in [-0.2, -0.15) is 0 Å². The minimum atomic E-state index is -1.34. The van der Waals surface area contributed by atoms with E-state index >= 15 is 0 Å². The molecule has 2 N–H and O–H groups in total. The van der Waals surface area contributed by atoms with E-state index < -0.39 is 11.4 Å². The number of fused-ring (bicyclic) bond motifs is 1. The van der Waals surface area contributed by atoms with E-state index in [1.165, 1.54) is 10.5 Å². The molecule has 1 aliphatic heterocycles. The largest absolute Gasteiger partial charge is 0.480 e. The number of hydrogen-bond donors (Lipinski definition) is 2. The zero-order chi connectivity index (χ0) is 15.0. The van der Waals surface area contributed by atoms with Crippen LogP contribution >= 0.6 is 11.8 Å². The molecule has 0 bridgehead atoms. The average molecular weight is 305 g/mol. The van der Waals surface area contributed by atoms with E-state index in [1.807, 2.05) is 12.1 Å². The summed E-state index contributed by atoms with van der Waals surface area (Å²) in [6.45, 7) is 1.55. The highest BCUT2D eigenvalue weighted by Crippen LogP contribution is 2.42. The lowest BCUT2D eigenvalue weighted by molar-refractivity contribution is -0.155. The molecule has 0 radical (unpaired) electrons. The van der Waals surface area contributed by atoms with Crippen molar-refractivity contribution in [3.05, 3.63) is 29.8 Å². The molecule has 1 aromatic carbocycles. The molecule has 1 heterocycles. The SMILES string of the molecule is CC(CC1Cc2ccccc2S1)(C(=O)O)C(=O)NC1CC1. The zero-order valence-electron chi connectivity index (χ0n) is 12.0. The molecule has 1 saturated carbocycles. The number of carboxylic acids is 1. The van der Waals surface area contributed by atoms with Crippen molar-refractivity contribution in [3.63, 3.8) is 0 Å². The second kappa shape index (κ2) is 5.37. The smallest absolute Gasteiger partial charge is 0.318 e. The Labute approximate surface area is 128 Å². The number of nitrogens with one attached hydrogen (secondary N) is 1. The number of hydrogen-bond acceptors (Lipinski definition) is 3. The molecule has 0 saturated heterocycles. The summed E-state index contributed by atoms with van der Waals surface area (Å²) >= 11 is 1.69. The molecule has 3 rings (SSSR count). The van der Waals surface area contributed by atoms with Gasteiger partial charge in [-0.05, 0) is 44.2 Å². The van der Waals surface area contributed by atoms with E-state index in [2.05, 4.69) is 17.4 Å². The Hall–Kier alpha value is -1.49. The third-order valence-corrected chi connectivity index (χ3v) is 5.55. The lowest BCUT2D eigenvalue weighted by Crippen LogP contribution is -2.46. The number of rotatable bonds is 5. The molecule has 2 unspecified atom stereocenters. The number of thioether (sulfide) groups is 1. The number of carbonyl (C=O) groups excluding carboxylic acids is 1. The van der Waals surface area contributed by atoms with Gasteiger partial charge in [0.2, 0.25) is 5.91 Å². The van der Waals surface area contributed by atoms with Gasteiger partial charge in [-0.15, -0.1) is 11.8 Å². The van der Waals surface area contributed by atoms with Gasteiger partial charge in [0.25, 0.3) is 0 Å². The maximum Gasteiger partial charge on any atom is 0.318 e. The molecular formula is C16H19NO3S. The second-order valence-corrected chi connectivity index (χ2v) is 7.48. The van der Waals surface area contributed by atoms with E-state index in [4.69, 9.17) is 0 Å². The summed E-state index contributed by atoms with van der Waals surface area (Å²) in [7, 11) is 0. The first-order valence-corrected chi connectivity index (χ1v) is 8.16. The Morgan fingerprint density at radius 3 is 2.71 bits per heavy atom. The fraction of sp³-hybridized carbons (Fsp3) is 0.500. The molecule has 1 aromatic rings. The summed E-state index contributed by atoms with van der Waals surface area (Å²) in [6, 6.07) is 8.31. The van der Waals surface area contributed by atoms with Gasteiger partial charge in [-0.1, -0.05) is 18.2 Å². The lowest BCUT2D eigenvalue weighted by atomic mass is 9.83. The van der Waals surface area contributed by atoms with Gasteiger partial charge in [0.15, 0.2) is 0 Å². The highest BCUT2D eigenvalue weighted by molar-refractivity contribution is 8.00. The third-order valence-electron chi connectivity index (χ3n) is 4.24. The number of amides is 1. The van der Waals surface area contributed by atoms with Crippen molar-refractivity contribution in [2.75, 3.05) is 0 Å². The van der Waals surface area contributed by atoms with Gasteiger partial charge < -0.3 is 10.4 Å². The standard InChI is InChI=1S/C16H19NO3S/c1-16(15(19)20,14(18)17-11-6-7-11)9-12-8-10-4-2-3-5-13(10)21-12/h2-5,11-12H,6-9H2,1H3,(H,17,18)(H,19,20). The molecule has 0 spiro atoms. The Kier molecular flexibility index (Phi) is 3.69.